The number of nitro groups is 1. The zero-order valence-electron chi connectivity index (χ0n) is 10.8. The Labute approximate surface area is 113 Å². The number of hydrogen-bond donors (Lipinski definition) is 1. The number of nitro benzene ring substituents is 1. The third-order valence-corrected chi connectivity index (χ3v) is 2.47. The van der Waals surface area contributed by atoms with E-state index in [9.17, 15) is 14.5 Å². The van der Waals surface area contributed by atoms with E-state index < -0.39 is 16.4 Å². The molecule has 0 aliphatic carbocycles. The quantitative estimate of drug-likeness (QED) is 0.683. The van der Waals surface area contributed by atoms with Gasteiger partial charge in [0, 0.05) is 18.8 Å². The number of hydrogen-bond acceptors (Lipinski definition) is 6. The van der Waals surface area contributed by atoms with Crippen molar-refractivity contribution in [3.8, 4) is 11.6 Å². The summed E-state index contributed by atoms with van der Waals surface area (Å²) in [5.41, 5.74) is 0.136. The minimum Gasteiger partial charge on any atom is -0.431 e. The first-order chi connectivity index (χ1) is 9.51. The maximum absolute atomic E-state index is 13.0. The summed E-state index contributed by atoms with van der Waals surface area (Å²) in [6, 6.07) is 3.07. The molecule has 0 aliphatic rings. The molecule has 0 radical (unpaired) electrons. The molecule has 104 valence electrons. The number of rotatable bonds is 4. The third kappa shape index (κ3) is 2.79. The number of halogens is 1. The number of benzene rings is 1. The fourth-order valence-corrected chi connectivity index (χ4v) is 1.47. The normalized spacial score (nSPS) is 10.2. The van der Waals surface area contributed by atoms with Gasteiger partial charge in [-0.2, -0.15) is 4.98 Å². The highest BCUT2D eigenvalue weighted by molar-refractivity contribution is 5.48. The van der Waals surface area contributed by atoms with Gasteiger partial charge in [0.25, 0.3) is 0 Å². The molecule has 0 amide bonds. The van der Waals surface area contributed by atoms with Crippen LogP contribution < -0.4 is 10.1 Å². The van der Waals surface area contributed by atoms with Gasteiger partial charge in [-0.1, -0.05) is 0 Å². The Morgan fingerprint density at radius 2 is 2.20 bits per heavy atom. The molecule has 20 heavy (non-hydrogen) atoms. The Hall–Kier alpha value is -2.77. The summed E-state index contributed by atoms with van der Waals surface area (Å²) >= 11 is 0. The predicted molar refractivity (Wildman–Crippen MR) is 69.4 cm³/mol. The molecule has 1 aromatic carbocycles. The summed E-state index contributed by atoms with van der Waals surface area (Å²) in [5, 5.41) is 13.6. The van der Waals surface area contributed by atoms with Gasteiger partial charge in [0.15, 0.2) is 0 Å². The number of anilines is 1. The summed E-state index contributed by atoms with van der Waals surface area (Å²) in [6.45, 7) is 1.70. The lowest BCUT2D eigenvalue weighted by Crippen LogP contribution is -2.01. The molecule has 0 unspecified atom stereocenters. The standard InChI is InChI=1S/C12H11FN4O3/c1-7-6-15-12(14-2)16-11(7)20-10-4-3-8(13)5-9(10)17(18)19/h3-6H,1-2H3,(H,14,15,16). The van der Waals surface area contributed by atoms with Crippen molar-refractivity contribution in [2.24, 2.45) is 0 Å². The van der Waals surface area contributed by atoms with Gasteiger partial charge in [0.05, 0.1) is 11.0 Å². The molecule has 2 rings (SSSR count). The monoisotopic (exact) mass is 278 g/mol. The van der Waals surface area contributed by atoms with Crippen LogP contribution in [0.4, 0.5) is 16.0 Å². The van der Waals surface area contributed by atoms with Crippen molar-refractivity contribution >= 4 is 11.6 Å². The van der Waals surface area contributed by atoms with Crippen LogP contribution in [0.15, 0.2) is 24.4 Å². The number of aromatic nitrogens is 2. The summed E-state index contributed by atoms with van der Waals surface area (Å²) in [4.78, 5) is 18.2. The van der Waals surface area contributed by atoms with E-state index in [0.29, 0.717) is 11.5 Å². The van der Waals surface area contributed by atoms with Gasteiger partial charge < -0.3 is 10.1 Å². The van der Waals surface area contributed by atoms with Crippen LogP contribution in [0, 0.1) is 22.9 Å². The van der Waals surface area contributed by atoms with Crippen molar-refractivity contribution in [2.75, 3.05) is 12.4 Å². The first-order valence-electron chi connectivity index (χ1n) is 5.64. The van der Waals surface area contributed by atoms with Gasteiger partial charge in [-0.05, 0) is 19.1 Å². The van der Waals surface area contributed by atoms with Crippen molar-refractivity contribution in [3.63, 3.8) is 0 Å². The first kappa shape index (κ1) is 13.7. The van der Waals surface area contributed by atoms with Crippen LogP contribution in [0.5, 0.6) is 11.6 Å². The smallest absolute Gasteiger partial charge is 0.314 e. The van der Waals surface area contributed by atoms with E-state index in [1.54, 1.807) is 14.0 Å². The third-order valence-electron chi connectivity index (χ3n) is 2.47. The molecule has 0 bridgehead atoms. The highest BCUT2D eigenvalue weighted by Crippen LogP contribution is 2.32. The molecule has 1 N–H and O–H groups in total. The van der Waals surface area contributed by atoms with Crippen LogP contribution >= 0.6 is 0 Å². The van der Waals surface area contributed by atoms with Crippen LogP contribution in [0.2, 0.25) is 0 Å². The number of nitrogens with one attached hydrogen (secondary N) is 1. The van der Waals surface area contributed by atoms with Gasteiger partial charge in [-0.3, -0.25) is 10.1 Å². The zero-order chi connectivity index (χ0) is 14.7. The molecular formula is C12H11FN4O3. The second-order valence-electron chi connectivity index (χ2n) is 3.90. The van der Waals surface area contributed by atoms with Crippen LogP contribution in [-0.4, -0.2) is 21.9 Å². The predicted octanol–water partition coefficient (Wildman–Crippen LogP) is 2.67. The topological polar surface area (TPSA) is 90.2 Å². The average Bonchev–Trinajstić information content (AvgIpc) is 2.42. The Morgan fingerprint density at radius 1 is 1.45 bits per heavy atom. The lowest BCUT2D eigenvalue weighted by Gasteiger charge is -2.08. The molecule has 0 saturated carbocycles. The van der Waals surface area contributed by atoms with E-state index in [4.69, 9.17) is 4.74 Å². The van der Waals surface area contributed by atoms with E-state index >= 15 is 0 Å². The largest absolute Gasteiger partial charge is 0.431 e. The van der Waals surface area contributed by atoms with Crippen LogP contribution in [0.1, 0.15) is 5.56 Å². The molecule has 7 nitrogen and oxygen atoms in total. The van der Waals surface area contributed by atoms with Gasteiger partial charge >= 0.3 is 5.69 Å². The summed E-state index contributed by atoms with van der Waals surface area (Å²) in [5.74, 6) is -0.311. The summed E-state index contributed by atoms with van der Waals surface area (Å²) in [7, 11) is 1.63. The van der Waals surface area contributed by atoms with Crippen LogP contribution in [0.25, 0.3) is 0 Å². The highest BCUT2D eigenvalue weighted by atomic mass is 19.1. The van der Waals surface area contributed by atoms with Crippen molar-refractivity contribution in [3.05, 3.63) is 45.9 Å². The minimum absolute atomic E-state index is 0.0831. The molecule has 0 saturated heterocycles. The van der Waals surface area contributed by atoms with Crippen molar-refractivity contribution in [1.29, 1.82) is 0 Å². The lowest BCUT2D eigenvalue weighted by molar-refractivity contribution is -0.385. The number of aryl methyl sites for hydroxylation is 1. The summed E-state index contributed by atoms with van der Waals surface area (Å²) in [6.07, 6.45) is 1.52. The molecule has 2 aromatic rings. The molecule has 1 heterocycles. The molecule has 0 atom stereocenters. The van der Waals surface area contributed by atoms with E-state index in [2.05, 4.69) is 15.3 Å². The number of nitrogens with zero attached hydrogens (tertiary/aromatic N) is 3. The molecule has 8 heteroatoms. The van der Waals surface area contributed by atoms with E-state index in [1.165, 1.54) is 12.3 Å². The maximum atomic E-state index is 13.0. The first-order valence-corrected chi connectivity index (χ1v) is 5.64. The summed E-state index contributed by atoms with van der Waals surface area (Å²) < 4.78 is 18.4. The minimum atomic E-state index is -0.714. The van der Waals surface area contributed by atoms with Gasteiger partial charge in [0.2, 0.25) is 17.6 Å². The number of ether oxygens (including phenoxy) is 1. The van der Waals surface area contributed by atoms with Gasteiger partial charge in [-0.15, -0.1) is 0 Å². The second-order valence-corrected chi connectivity index (χ2v) is 3.90. The van der Waals surface area contributed by atoms with Crippen LogP contribution in [0.3, 0.4) is 0 Å². The second kappa shape index (κ2) is 5.47. The average molecular weight is 278 g/mol. The maximum Gasteiger partial charge on any atom is 0.314 e. The molecular weight excluding hydrogens is 267 g/mol. The van der Waals surface area contributed by atoms with Crippen LogP contribution in [-0.2, 0) is 0 Å². The van der Waals surface area contributed by atoms with E-state index in [-0.39, 0.29) is 11.6 Å². The van der Waals surface area contributed by atoms with Gasteiger partial charge in [0.1, 0.15) is 5.82 Å². The Morgan fingerprint density at radius 3 is 2.85 bits per heavy atom. The fourth-order valence-electron chi connectivity index (χ4n) is 1.47. The Balaban J connectivity index is 2.42. The van der Waals surface area contributed by atoms with Crippen molar-refractivity contribution in [2.45, 2.75) is 6.92 Å². The highest BCUT2D eigenvalue weighted by Gasteiger charge is 2.18. The van der Waals surface area contributed by atoms with Crippen molar-refractivity contribution in [1.82, 2.24) is 9.97 Å². The zero-order valence-corrected chi connectivity index (χ0v) is 10.8. The Kier molecular flexibility index (Phi) is 3.74. The molecule has 1 aromatic heterocycles. The SMILES string of the molecule is CNc1ncc(C)c(Oc2ccc(F)cc2[N+](=O)[O-])n1. The molecule has 0 spiro atoms. The molecule has 0 fully saturated rings. The van der Waals surface area contributed by atoms with E-state index in [0.717, 1.165) is 12.1 Å². The van der Waals surface area contributed by atoms with Crippen molar-refractivity contribution < 1.29 is 14.1 Å². The van der Waals surface area contributed by atoms with E-state index in [1.807, 2.05) is 0 Å². The Bertz CT molecular complexity index is 663. The lowest BCUT2D eigenvalue weighted by atomic mass is 10.3. The fraction of sp³-hybridized carbons (Fsp3) is 0.167. The molecule has 0 aliphatic heterocycles. The van der Waals surface area contributed by atoms with Gasteiger partial charge in [-0.25, -0.2) is 9.37 Å².